The van der Waals surface area contributed by atoms with Crippen molar-refractivity contribution in [3.8, 4) is 0 Å². The van der Waals surface area contributed by atoms with Crippen molar-refractivity contribution in [3.63, 3.8) is 0 Å². The SMILES string of the molecule is Cc1ccc(C(C)(C)C)c(CN(C(=N)c2c(C(F)F)nn(C)c2F)C2CC2)c1. The molecule has 0 aliphatic heterocycles. The Morgan fingerprint density at radius 3 is 2.50 bits per heavy atom. The molecule has 1 N–H and O–H groups in total. The summed E-state index contributed by atoms with van der Waals surface area (Å²) in [4.78, 5) is 1.75. The molecule has 3 rings (SSSR count). The Morgan fingerprint density at radius 1 is 1.32 bits per heavy atom. The van der Waals surface area contributed by atoms with Gasteiger partial charge in [0.25, 0.3) is 6.43 Å². The molecule has 4 nitrogen and oxygen atoms in total. The topological polar surface area (TPSA) is 44.9 Å². The number of rotatable bonds is 5. The Kier molecular flexibility index (Phi) is 5.30. The lowest BCUT2D eigenvalue weighted by Gasteiger charge is -2.30. The predicted molar refractivity (Wildman–Crippen MR) is 103 cm³/mol. The summed E-state index contributed by atoms with van der Waals surface area (Å²) < 4.78 is 42.1. The number of amidine groups is 1. The zero-order chi connectivity index (χ0) is 20.8. The Labute approximate surface area is 163 Å². The van der Waals surface area contributed by atoms with Gasteiger partial charge in [0.2, 0.25) is 5.95 Å². The van der Waals surface area contributed by atoms with Crippen LogP contribution >= 0.6 is 0 Å². The van der Waals surface area contributed by atoms with Gasteiger partial charge in [0.15, 0.2) is 0 Å². The highest BCUT2D eigenvalue weighted by Crippen LogP contribution is 2.35. The number of benzene rings is 1. The van der Waals surface area contributed by atoms with E-state index < -0.39 is 23.6 Å². The van der Waals surface area contributed by atoms with Gasteiger partial charge in [-0.25, -0.2) is 13.5 Å². The summed E-state index contributed by atoms with van der Waals surface area (Å²) in [6.07, 6.45) is -1.20. The molecule has 1 aliphatic rings. The monoisotopic (exact) mass is 392 g/mol. The minimum absolute atomic E-state index is 0.0611. The summed E-state index contributed by atoms with van der Waals surface area (Å²) in [6, 6.07) is 6.25. The lowest BCUT2D eigenvalue weighted by molar-refractivity contribution is 0.145. The summed E-state index contributed by atoms with van der Waals surface area (Å²) in [5.41, 5.74) is 2.09. The molecule has 0 atom stereocenters. The van der Waals surface area contributed by atoms with Crippen LogP contribution in [0.2, 0.25) is 0 Å². The van der Waals surface area contributed by atoms with Crippen molar-refractivity contribution in [2.45, 2.75) is 65.0 Å². The van der Waals surface area contributed by atoms with Crippen molar-refractivity contribution in [2.24, 2.45) is 7.05 Å². The van der Waals surface area contributed by atoms with E-state index in [0.29, 0.717) is 6.54 Å². The summed E-state index contributed by atoms with van der Waals surface area (Å²) in [5, 5.41) is 12.2. The molecule has 0 unspecified atom stereocenters. The molecule has 1 fully saturated rings. The Balaban J connectivity index is 2.02. The molecular weight excluding hydrogens is 365 g/mol. The highest BCUT2D eigenvalue weighted by atomic mass is 19.3. The number of hydrogen-bond donors (Lipinski definition) is 1. The molecule has 1 aromatic carbocycles. The van der Waals surface area contributed by atoms with Crippen LogP contribution in [0.4, 0.5) is 13.2 Å². The fourth-order valence-electron chi connectivity index (χ4n) is 3.58. The van der Waals surface area contributed by atoms with Crippen molar-refractivity contribution >= 4 is 5.84 Å². The van der Waals surface area contributed by atoms with Crippen molar-refractivity contribution in [1.29, 1.82) is 5.41 Å². The van der Waals surface area contributed by atoms with Gasteiger partial charge < -0.3 is 4.90 Å². The third kappa shape index (κ3) is 3.93. The average Bonchev–Trinajstić information content (AvgIpc) is 3.37. The number of halogens is 3. The van der Waals surface area contributed by atoms with Crippen LogP contribution in [-0.2, 0) is 19.0 Å². The minimum Gasteiger partial charge on any atom is -0.349 e. The molecule has 28 heavy (non-hydrogen) atoms. The molecule has 7 heteroatoms. The van der Waals surface area contributed by atoms with Crippen LogP contribution in [0.15, 0.2) is 18.2 Å². The average molecular weight is 392 g/mol. The quantitative estimate of drug-likeness (QED) is 0.569. The molecule has 1 aliphatic carbocycles. The number of aryl methyl sites for hydroxylation is 2. The van der Waals surface area contributed by atoms with Crippen LogP contribution in [-0.4, -0.2) is 26.6 Å². The second-order valence-corrected chi connectivity index (χ2v) is 8.59. The molecule has 1 aromatic heterocycles. The molecule has 2 aromatic rings. The first-order chi connectivity index (χ1) is 13.0. The van der Waals surface area contributed by atoms with E-state index in [9.17, 15) is 13.2 Å². The van der Waals surface area contributed by atoms with Crippen LogP contribution in [0.1, 0.15) is 68.0 Å². The number of nitrogens with one attached hydrogen (secondary N) is 1. The van der Waals surface area contributed by atoms with Gasteiger partial charge in [0.1, 0.15) is 17.1 Å². The van der Waals surface area contributed by atoms with Gasteiger partial charge in [-0.05, 0) is 36.3 Å². The first-order valence-corrected chi connectivity index (χ1v) is 9.46. The number of hydrogen-bond acceptors (Lipinski definition) is 2. The summed E-state index contributed by atoms with van der Waals surface area (Å²) in [7, 11) is 1.28. The summed E-state index contributed by atoms with van der Waals surface area (Å²) in [6.45, 7) is 8.73. The van der Waals surface area contributed by atoms with E-state index in [1.807, 2.05) is 13.0 Å². The molecule has 152 valence electrons. The third-order valence-electron chi connectivity index (χ3n) is 5.13. The highest BCUT2D eigenvalue weighted by molar-refractivity contribution is 5.98. The number of nitrogens with zero attached hydrogens (tertiary/aromatic N) is 3. The Morgan fingerprint density at radius 2 is 1.96 bits per heavy atom. The Bertz CT molecular complexity index is 892. The van der Waals surface area contributed by atoms with E-state index >= 15 is 0 Å². The number of aromatic nitrogens is 2. The second-order valence-electron chi connectivity index (χ2n) is 8.59. The number of alkyl halides is 2. The van der Waals surface area contributed by atoms with Crippen LogP contribution < -0.4 is 0 Å². The normalized spacial score (nSPS) is 14.6. The van der Waals surface area contributed by atoms with E-state index in [0.717, 1.165) is 34.2 Å². The summed E-state index contributed by atoms with van der Waals surface area (Å²) in [5.74, 6) is -1.11. The zero-order valence-corrected chi connectivity index (χ0v) is 17.0. The maximum atomic E-state index is 14.5. The van der Waals surface area contributed by atoms with Gasteiger partial charge in [-0.1, -0.05) is 44.5 Å². The molecule has 1 heterocycles. The fraction of sp³-hybridized carbons (Fsp3) is 0.524. The third-order valence-corrected chi connectivity index (χ3v) is 5.13. The standard InChI is InChI=1S/C21H27F3N4/c1-12-6-9-15(21(2,3)4)13(10-12)11-28(14-7-8-14)20(25)16-17(18(22)23)26-27(5)19(16)24/h6,9-10,14,18,25H,7-8,11H2,1-5H3. The fourth-order valence-corrected chi connectivity index (χ4v) is 3.58. The summed E-state index contributed by atoms with van der Waals surface area (Å²) >= 11 is 0. The van der Waals surface area contributed by atoms with Crippen molar-refractivity contribution < 1.29 is 13.2 Å². The predicted octanol–water partition coefficient (Wildman–Crippen LogP) is 5.09. The minimum atomic E-state index is -2.93. The van der Waals surface area contributed by atoms with Gasteiger partial charge in [-0.3, -0.25) is 5.41 Å². The maximum Gasteiger partial charge on any atom is 0.283 e. The molecule has 0 saturated heterocycles. The Hall–Kier alpha value is -2.31. The van der Waals surface area contributed by atoms with Crippen LogP contribution in [0.25, 0.3) is 0 Å². The van der Waals surface area contributed by atoms with E-state index in [4.69, 9.17) is 5.41 Å². The molecule has 1 saturated carbocycles. The van der Waals surface area contributed by atoms with Crippen LogP contribution in [0.3, 0.4) is 0 Å². The molecule has 0 spiro atoms. The molecule has 0 radical (unpaired) electrons. The van der Waals surface area contributed by atoms with E-state index in [-0.39, 0.29) is 17.3 Å². The van der Waals surface area contributed by atoms with Crippen molar-refractivity contribution in [3.05, 3.63) is 52.1 Å². The van der Waals surface area contributed by atoms with Crippen LogP contribution in [0.5, 0.6) is 0 Å². The lowest BCUT2D eigenvalue weighted by atomic mass is 9.83. The smallest absolute Gasteiger partial charge is 0.283 e. The zero-order valence-electron chi connectivity index (χ0n) is 17.0. The van der Waals surface area contributed by atoms with Gasteiger partial charge in [0, 0.05) is 19.6 Å². The largest absolute Gasteiger partial charge is 0.349 e. The highest BCUT2D eigenvalue weighted by Gasteiger charge is 2.36. The molecule has 0 amide bonds. The lowest BCUT2D eigenvalue weighted by Crippen LogP contribution is -2.34. The van der Waals surface area contributed by atoms with E-state index in [1.54, 1.807) is 4.90 Å². The maximum absolute atomic E-state index is 14.5. The van der Waals surface area contributed by atoms with E-state index in [2.05, 4.69) is 38.0 Å². The molecule has 0 bridgehead atoms. The van der Waals surface area contributed by atoms with Gasteiger partial charge >= 0.3 is 0 Å². The van der Waals surface area contributed by atoms with Crippen molar-refractivity contribution in [1.82, 2.24) is 14.7 Å². The first-order valence-electron chi connectivity index (χ1n) is 9.46. The first kappa shape index (κ1) is 20.4. The van der Waals surface area contributed by atoms with E-state index in [1.165, 1.54) is 7.05 Å². The van der Waals surface area contributed by atoms with Gasteiger partial charge in [-0.15, -0.1) is 0 Å². The second kappa shape index (κ2) is 7.26. The molecular formula is C21H27F3N4. The van der Waals surface area contributed by atoms with Gasteiger partial charge in [-0.2, -0.15) is 9.49 Å². The van der Waals surface area contributed by atoms with Crippen molar-refractivity contribution in [2.75, 3.05) is 0 Å². The van der Waals surface area contributed by atoms with Gasteiger partial charge in [0.05, 0.1) is 0 Å². The van der Waals surface area contributed by atoms with Crippen LogP contribution in [0, 0.1) is 18.3 Å².